The number of hydrogen-bond donors (Lipinski definition) is 2. The van der Waals surface area contributed by atoms with Crippen LogP contribution < -0.4 is 0 Å². The summed E-state index contributed by atoms with van der Waals surface area (Å²) >= 11 is 0. The van der Waals surface area contributed by atoms with Crippen LogP contribution in [-0.4, -0.2) is 38.8 Å². The van der Waals surface area contributed by atoms with Crippen molar-refractivity contribution in [1.29, 1.82) is 5.26 Å². The summed E-state index contributed by atoms with van der Waals surface area (Å²) in [4.78, 5) is 17.8. The number of amides is 1. The molecule has 1 amide bonds. The minimum atomic E-state index is -1.01. The maximum absolute atomic E-state index is 11.7. The fourth-order valence-electron chi connectivity index (χ4n) is 4.23. The predicted octanol–water partition coefficient (Wildman–Crippen LogP) is 4.65. The lowest BCUT2D eigenvalue weighted by molar-refractivity contribution is 0.0292. The van der Waals surface area contributed by atoms with Crippen LogP contribution in [-0.2, 0) is 0 Å². The van der Waals surface area contributed by atoms with Gasteiger partial charge in [0.25, 0.3) is 0 Å². The second-order valence-corrected chi connectivity index (χ2v) is 7.74. The molecule has 1 aliphatic heterocycles. The van der Waals surface area contributed by atoms with Gasteiger partial charge < -0.3 is 15.1 Å². The first-order chi connectivity index (χ1) is 14.5. The molecule has 1 aliphatic rings. The van der Waals surface area contributed by atoms with Gasteiger partial charge in [-0.1, -0.05) is 30.3 Å². The second-order valence-electron chi connectivity index (χ2n) is 7.74. The molecule has 2 atom stereocenters. The number of aryl methyl sites for hydroxylation is 1. The Morgan fingerprint density at radius 2 is 2.03 bits per heavy atom. The van der Waals surface area contributed by atoms with Crippen LogP contribution in [0.25, 0.3) is 22.2 Å². The molecule has 30 heavy (non-hydrogen) atoms. The van der Waals surface area contributed by atoms with Gasteiger partial charge in [0, 0.05) is 17.5 Å². The highest BCUT2D eigenvalue weighted by atomic mass is 16.4. The number of aromatic nitrogens is 1. The Morgan fingerprint density at radius 3 is 2.80 bits per heavy atom. The van der Waals surface area contributed by atoms with E-state index in [1.165, 1.54) is 4.90 Å². The molecule has 4 rings (SSSR count). The summed E-state index contributed by atoms with van der Waals surface area (Å²) in [6.45, 7) is 2.31. The average Bonchev–Trinajstić information content (AvgIpc) is 2.78. The lowest BCUT2D eigenvalue weighted by Gasteiger charge is -2.37. The summed E-state index contributed by atoms with van der Waals surface area (Å²) < 4.78 is 0. The largest absolute Gasteiger partial charge is 0.465 e. The van der Waals surface area contributed by atoms with Crippen molar-refractivity contribution in [3.63, 3.8) is 0 Å². The van der Waals surface area contributed by atoms with Gasteiger partial charge in [-0.15, -0.1) is 0 Å². The minimum Gasteiger partial charge on any atom is -0.465 e. The van der Waals surface area contributed by atoms with E-state index in [2.05, 4.69) is 6.07 Å². The maximum atomic E-state index is 11.7. The fourth-order valence-corrected chi connectivity index (χ4v) is 4.23. The summed E-state index contributed by atoms with van der Waals surface area (Å²) in [7, 11) is 0. The standard InChI is InChI=1S/C24H23N3O3/c1-15-9-10-16(12-17(15)14-25)21-13-19(18-6-2-3-7-20(18)26-21)23(28)22-8-4-5-11-27(22)24(29)30/h2-3,6-7,9-10,12-13,22-23,28H,4-5,8,11H2,1H3,(H,29,30)/t22-,23+/m1/s1. The summed E-state index contributed by atoms with van der Waals surface area (Å²) in [5.74, 6) is 0. The van der Waals surface area contributed by atoms with E-state index in [4.69, 9.17) is 4.98 Å². The first kappa shape index (κ1) is 19.9. The van der Waals surface area contributed by atoms with E-state index < -0.39 is 18.2 Å². The Labute approximate surface area is 175 Å². The summed E-state index contributed by atoms with van der Waals surface area (Å²) in [6.07, 6.45) is 0.328. The Morgan fingerprint density at radius 1 is 1.23 bits per heavy atom. The number of para-hydroxylation sites is 1. The van der Waals surface area contributed by atoms with Gasteiger partial charge in [0.05, 0.1) is 28.9 Å². The van der Waals surface area contributed by atoms with E-state index >= 15 is 0 Å². The first-order valence-corrected chi connectivity index (χ1v) is 10.1. The van der Waals surface area contributed by atoms with Crippen molar-refractivity contribution in [1.82, 2.24) is 9.88 Å². The van der Waals surface area contributed by atoms with E-state index in [-0.39, 0.29) is 0 Å². The van der Waals surface area contributed by atoms with Gasteiger partial charge in [-0.2, -0.15) is 5.26 Å². The number of pyridine rings is 1. The van der Waals surface area contributed by atoms with Crippen molar-refractivity contribution in [3.05, 3.63) is 65.2 Å². The van der Waals surface area contributed by atoms with E-state index in [0.717, 1.165) is 34.9 Å². The highest BCUT2D eigenvalue weighted by Gasteiger charge is 2.33. The van der Waals surface area contributed by atoms with Crippen molar-refractivity contribution < 1.29 is 15.0 Å². The molecule has 0 saturated carbocycles. The van der Waals surface area contributed by atoms with Gasteiger partial charge in [0.1, 0.15) is 6.10 Å². The Balaban J connectivity index is 1.85. The molecule has 0 unspecified atom stereocenters. The molecule has 1 aromatic heterocycles. The minimum absolute atomic E-state index is 0.427. The molecule has 6 heteroatoms. The lowest BCUT2D eigenvalue weighted by atomic mass is 9.90. The molecule has 2 N–H and O–H groups in total. The third-order valence-corrected chi connectivity index (χ3v) is 5.88. The second kappa shape index (κ2) is 8.13. The monoisotopic (exact) mass is 401 g/mol. The van der Waals surface area contributed by atoms with Crippen LogP contribution in [0.15, 0.2) is 48.5 Å². The predicted molar refractivity (Wildman–Crippen MR) is 114 cm³/mol. The molecule has 0 spiro atoms. The van der Waals surface area contributed by atoms with E-state index in [9.17, 15) is 20.3 Å². The van der Waals surface area contributed by atoms with E-state index in [1.54, 1.807) is 6.07 Å². The number of carboxylic acid groups (broad SMARTS) is 1. The van der Waals surface area contributed by atoms with E-state index in [1.807, 2.05) is 49.4 Å². The molecular formula is C24H23N3O3. The highest BCUT2D eigenvalue weighted by Crippen LogP contribution is 2.35. The Bertz CT molecular complexity index is 1150. The number of likely N-dealkylation sites (tertiary alicyclic amines) is 1. The zero-order valence-corrected chi connectivity index (χ0v) is 16.7. The van der Waals surface area contributed by atoms with Crippen LogP contribution in [0.4, 0.5) is 4.79 Å². The Hall–Kier alpha value is -3.43. The van der Waals surface area contributed by atoms with Crippen molar-refractivity contribution in [2.45, 2.75) is 38.3 Å². The molecule has 0 radical (unpaired) electrons. The molecular weight excluding hydrogens is 378 g/mol. The van der Waals surface area contributed by atoms with Crippen molar-refractivity contribution in [2.24, 2.45) is 0 Å². The number of carbonyl (C=O) groups is 1. The third kappa shape index (κ3) is 3.60. The average molecular weight is 401 g/mol. The van der Waals surface area contributed by atoms with Gasteiger partial charge in [-0.05, 0) is 55.5 Å². The zero-order valence-electron chi connectivity index (χ0n) is 16.7. The fraction of sp³-hybridized carbons (Fsp3) is 0.292. The number of fused-ring (bicyclic) bond motifs is 1. The van der Waals surface area contributed by atoms with Crippen molar-refractivity contribution >= 4 is 17.0 Å². The number of hydrogen-bond acceptors (Lipinski definition) is 4. The van der Waals surface area contributed by atoms with Crippen LogP contribution in [0.1, 0.15) is 42.1 Å². The number of aliphatic hydroxyl groups excluding tert-OH is 1. The Kier molecular flexibility index (Phi) is 5.39. The summed E-state index contributed by atoms with van der Waals surface area (Å²) in [5, 5.41) is 31.1. The first-order valence-electron chi connectivity index (χ1n) is 10.1. The van der Waals surface area contributed by atoms with Crippen LogP contribution in [0, 0.1) is 18.3 Å². The molecule has 1 saturated heterocycles. The van der Waals surface area contributed by atoms with Crippen LogP contribution >= 0.6 is 0 Å². The molecule has 6 nitrogen and oxygen atoms in total. The number of aliphatic hydroxyl groups is 1. The van der Waals surface area contributed by atoms with Crippen LogP contribution in [0.2, 0.25) is 0 Å². The van der Waals surface area contributed by atoms with E-state index in [0.29, 0.717) is 29.8 Å². The van der Waals surface area contributed by atoms with Gasteiger partial charge in [0.15, 0.2) is 0 Å². The molecule has 1 fully saturated rings. The molecule has 0 aliphatic carbocycles. The highest BCUT2D eigenvalue weighted by molar-refractivity contribution is 5.86. The third-order valence-electron chi connectivity index (χ3n) is 5.88. The number of nitriles is 1. The lowest BCUT2D eigenvalue weighted by Crippen LogP contribution is -2.46. The SMILES string of the molecule is Cc1ccc(-c2cc([C@H](O)[C@H]3CCCCN3C(=O)O)c3ccccc3n2)cc1C#N. The number of piperidine rings is 1. The normalized spacial score (nSPS) is 17.5. The molecule has 3 aromatic rings. The van der Waals surface area contributed by atoms with Gasteiger partial charge in [-0.25, -0.2) is 9.78 Å². The smallest absolute Gasteiger partial charge is 0.407 e. The quantitative estimate of drug-likeness (QED) is 0.666. The van der Waals surface area contributed by atoms with Gasteiger partial charge >= 0.3 is 6.09 Å². The molecule has 2 aromatic carbocycles. The summed E-state index contributed by atoms with van der Waals surface area (Å²) in [6, 6.07) is 16.7. The maximum Gasteiger partial charge on any atom is 0.407 e. The van der Waals surface area contributed by atoms with Crippen molar-refractivity contribution in [3.8, 4) is 17.3 Å². The van der Waals surface area contributed by atoms with Crippen LogP contribution in [0.3, 0.4) is 0 Å². The molecule has 0 bridgehead atoms. The van der Waals surface area contributed by atoms with Crippen LogP contribution in [0.5, 0.6) is 0 Å². The number of nitrogens with zero attached hydrogens (tertiary/aromatic N) is 3. The number of rotatable bonds is 3. The summed E-state index contributed by atoms with van der Waals surface area (Å²) in [5.41, 5.74) is 4.29. The topological polar surface area (TPSA) is 97.4 Å². The van der Waals surface area contributed by atoms with Gasteiger partial charge in [-0.3, -0.25) is 0 Å². The molecule has 2 heterocycles. The number of benzene rings is 2. The van der Waals surface area contributed by atoms with Crippen molar-refractivity contribution in [2.75, 3.05) is 6.54 Å². The van der Waals surface area contributed by atoms with Gasteiger partial charge in [0.2, 0.25) is 0 Å². The molecule has 152 valence electrons. The zero-order chi connectivity index (χ0) is 21.3.